The fraction of sp³-hybridized carbons (Fsp3) is 0.333. The zero-order valence-electron chi connectivity index (χ0n) is 12.6. The van der Waals surface area contributed by atoms with Crippen molar-refractivity contribution in [2.24, 2.45) is 0 Å². The highest BCUT2D eigenvalue weighted by Gasteiger charge is 2.27. The smallest absolute Gasteiger partial charge is 0.240 e. The van der Waals surface area contributed by atoms with Gasteiger partial charge in [0, 0.05) is 18.5 Å². The number of hydrogen-bond acceptors (Lipinski definition) is 5. The van der Waals surface area contributed by atoms with Gasteiger partial charge in [-0.3, -0.25) is 0 Å². The fourth-order valence-corrected chi connectivity index (χ4v) is 3.07. The highest BCUT2D eigenvalue weighted by atomic mass is 35.5. The molecule has 6 nitrogen and oxygen atoms in total. The third-order valence-corrected chi connectivity index (χ3v) is 5.25. The Morgan fingerprint density at radius 1 is 1.22 bits per heavy atom. The van der Waals surface area contributed by atoms with Crippen molar-refractivity contribution in [2.45, 2.75) is 30.2 Å². The monoisotopic (exact) mass is 352 g/mol. The molecule has 1 aliphatic carbocycles. The van der Waals surface area contributed by atoms with Crippen LogP contribution in [0.1, 0.15) is 30.1 Å². The molecule has 1 heterocycles. The predicted octanol–water partition coefficient (Wildman–Crippen LogP) is 2.53. The SMILES string of the molecule is CNS(=O)(=O)c1ccc(CNc2cc(Cl)nc(C3CC3)n2)cc1. The van der Waals surface area contributed by atoms with Gasteiger partial charge >= 0.3 is 0 Å². The molecule has 0 radical (unpaired) electrons. The normalized spacial score (nSPS) is 14.7. The number of benzene rings is 1. The van der Waals surface area contributed by atoms with Gasteiger partial charge < -0.3 is 5.32 Å². The van der Waals surface area contributed by atoms with Gasteiger partial charge in [0.25, 0.3) is 0 Å². The van der Waals surface area contributed by atoms with Crippen LogP contribution >= 0.6 is 11.6 Å². The molecule has 8 heteroatoms. The van der Waals surface area contributed by atoms with Crippen LogP contribution in [0, 0.1) is 0 Å². The first-order valence-electron chi connectivity index (χ1n) is 7.29. The molecular weight excluding hydrogens is 336 g/mol. The maximum Gasteiger partial charge on any atom is 0.240 e. The zero-order valence-corrected chi connectivity index (χ0v) is 14.2. The van der Waals surface area contributed by atoms with Crippen LogP contribution in [0.2, 0.25) is 5.15 Å². The summed E-state index contributed by atoms with van der Waals surface area (Å²) in [5, 5.41) is 3.63. The maximum atomic E-state index is 11.7. The van der Waals surface area contributed by atoms with Crippen molar-refractivity contribution in [1.29, 1.82) is 0 Å². The Kier molecular flexibility index (Phi) is 4.52. The summed E-state index contributed by atoms with van der Waals surface area (Å²) < 4.78 is 25.6. The molecule has 1 fully saturated rings. The number of hydrogen-bond donors (Lipinski definition) is 2. The van der Waals surface area contributed by atoms with Gasteiger partial charge in [0.2, 0.25) is 10.0 Å². The van der Waals surface area contributed by atoms with Crippen molar-refractivity contribution >= 4 is 27.4 Å². The minimum atomic E-state index is -3.40. The number of aromatic nitrogens is 2. The molecule has 1 saturated carbocycles. The average molecular weight is 353 g/mol. The van der Waals surface area contributed by atoms with Gasteiger partial charge in [-0.05, 0) is 37.6 Å². The first kappa shape index (κ1) is 16.2. The number of halogens is 1. The Morgan fingerprint density at radius 3 is 2.52 bits per heavy atom. The van der Waals surface area contributed by atoms with Crippen LogP contribution < -0.4 is 10.0 Å². The van der Waals surface area contributed by atoms with E-state index >= 15 is 0 Å². The van der Waals surface area contributed by atoms with Crippen molar-refractivity contribution in [1.82, 2.24) is 14.7 Å². The van der Waals surface area contributed by atoms with E-state index in [1.54, 1.807) is 30.3 Å². The Labute approximate surface area is 140 Å². The number of nitrogens with zero attached hydrogens (tertiary/aromatic N) is 2. The molecule has 0 aliphatic heterocycles. The highest BCUT2D eigenvalue weighted by molar-refractivity contribution is 7.89. The van der Waals surface area contributed by atoms with E-state index in [4.69, 9.17) is 11.6 Å². The third kappa shape index (κ3) is 3.99. The summed E-state index contributed by atoms with van der Waals surface area (Å²) in [7, 11) is -2.01. The maximum absolute atomic E-state index is 11.7. The predicted molar refractivity (Wildman–Crippen MR) is 89.0 cm³/mol. The van der Waals surface area contributed by atoms with E-state index < -0.39 is 10.0 Å². The van der Waals surface area contributed by atoms with Gasteiger partial charge in [-0.1, -0.05) is 23.7 Å². The number of anilines is 1. The molecule has 23 heavy (non-hydrogen) atoms. The quantitative estimate of drug-likeness (QED) is 0.780. The molecule has 0 saturated heterocycles. The largest absolute Gasteiger partial charge is 0.366 e. The Bertz CT molecular complexity index is 805. The van der Waals surface area contributed by atoms with Gasteiger partial charge in [-0.15, -0.1) is 0 Å². The summed E-state index contributed by atoms with van der Waals surface area (Å²) in [6.45, 7) is 0.525. The fourth-order valence-electron chi connectivity index (χ4n) is 2.15. The first-order chi connectivity index (χ1) is 11.0. The zero-order chi connectivity index (χ0) is 16.4. The molecule has 0 spiro atoms. The Balaban J connectivity index is 1.69. The van der Waals surface area contributed by atoms with E-state index in [1.165, 1.54) is 7.05 Å². The lowest BCUT2D eigenvalue weighted by Crippen LogP contribution is -2.18. The molecule has 0 bridgehead atoms. The van der Waals surface area contributed by atoms with E-state index in [-0.39, 0.29) is 4.90 Å². The van der Waals surface area contributed by atoms with Crippen molar-refractivity contribution in [3.05, 3.63) is 46.9 Å². The summed E-state index contributed by atoms with van der Waals surface area (Å²) >= 11 is 6.03. The van der Waals surface area contributed by atoms with Gasteiger partial charge in [-0.2, -0.15) is 0 Å². The topological polar surface area (TPSA) is 84.0 Å². The molecule has 2 aromatic rings. The molecule has 1 aromatic heterocycles. The second kappa shape index (κ2) is 6.43. The van der Waals surface area contributed by atoms with Gasteiger partial charge in [-0.25, -0.2) is 23.1 Å². The van der Waals surface area contributed by atoms with Crippen molar-refractivity contribution in [3.63, 3.8) is 0 Å². The van der Waals surface area contributed by atoms with E-state index in [0.717, 1.165) is 24.2 Å². The molecule has 122 valence electrons. The highest BCUT2D eigenvalue weighted by Crippen LogP contribution is 2.38. The van der Waals surface area contributed by atoms with Gasteiger partial charge in [0.05, 0.1) is 4.90 Å². The van der Waals surface area contributed by atoms with Gasteiger partial charge in [0.1, 0.15) is 16.8 Å². The van der Waals surface area contributed by atoms with E-state index in [2.05, 4.69) is 20.0 Å². The molecule has 3 rings (SSSR count). The molecule has 1 aromatic carbocycles. The Hall–Kier alpha value is -1.70. The summed E-state index contributed by atoms with van der Waals surface area (Å²) in [6.07, 6.45) is 2.22. The van der Waals surface area contributed by atoms with Crippen LogP contribution in [0.25, 0.3) is 0 Å². The van der Waals surface area contributed by atoms with Gasteiger partial charge in [0.15, 0.2) is 0 Å². The summed E-state index contributed by atoms with van der Waals surface area (Å²) in [4.78, 5) is 8.95. The lowest BCUT2D eigenvalue weighted by Gasteiger charge is -2.08. The minimum absolute atomic E-state index is 0.241. The van der Waals surface area contributed by atoms with Crippen LogP contribution in [0.5, 0.6) is 0 Å². The molecule has 1 aliphatic rings. The van der Waals surface area contributed by atoms with Crippen molar-refractivity contribution in [3.8, 4) is 0 Å². The van der Waals surface area contributed by atoms with Crippen LogP contribution in [-0.2, 0) is 16.6 Å². The van der Waals surface area contributed by atoms with Crippen LogP contribution in [0.3, 0.4) is 0 Å². The van der Waals surface area contributed by atoms with Crippen LogP contribution in [0.4, 0.5) is 5.82 Å². The molecule has 0 atom stereocenters. The van der Waals surface area contributed by atoms with Crippen molar-refractivity contribution in [2.75, 3.05) is 12.4 Å². The Morgan fingerprint density at radius 2 is 1.91 bits per heavy atom. The summed E-state index contributed by atoms with van der Waals surface area (Å²) in [6, 6.07) is 8.37. The van der Waals surface area contributed by atoms with E-state index in [9.17, 15) is 8.42 Å². The molecule has 0 amide bonds. The number of nitrogens with one attached hydrogen (secondary N) is 2. The summed E-state index contributed by atoms with van der Waals surface area (Å²) in [5.74, 6) is 1.90. The molecule has 0 unspecified atom stereocenters. The van der Waals surface area contributed by atoms with E-state index in [0.29, 0.717) is 23.4 Å². The standard InChI is InChI=1S/C15H17ClN4O2S/c1-17-23(21,22)12-6-2-10(3-7-12)9-18-14-8-13(16)19-15(20-14)11-4-5-11/h2-3,6-8,11,17H,4-5,9H2,1H3,(H,18,19,20). The van der Waals surface area contributed by atoms with E-state index in [1.807, 2.05) is 0 Å². The number of sulfonamides is 1. The van der Waals surface area contributed by atoms with Crippen LogP contribution in [-0.4, -0.2) is 25.4 Å². The second-order valence-corrected chi connectivity index (χ2v) is 7.69. The lowest BCUT2D eigenvalue weighted by molar-refractivity contribution is 0.588. The van der Waals surface area contributed by atoms with Crippen LogP contribution in [0.15, 0.2) is 35.2 Å². The van der Waals surface area contributed by atoms with Crippen molar-refractivity contribution < 1.29 is 8.42 Å². The summed E-state index contributed by atoms with van der Waals surface area (Å²) in [5.41, 5.74) is 0.947. The first-order valence-corrected chi connectivity index (χ1v) is 9.15. The third-order valence-electron chi connectivity index (χ3n) is 3.63. The molecular formula is C15H17ClN4O2S. The average Bonchev–Trinajstić information content (AvgIpc) is 3.38. The minimum Gasteiger partial charge on any atom is -0.366 e. The second-order valence-electron chi connectivity index (χ2n) is 5.41. The molecule has 2 N–H and O–H groups in total. The number of rotatable bonds is 6. The lowest BCUT2D eigenvalue weighted by atomic mass is 10.2.